The number of phenolic OH excluding ortho intramolecular Hbond substituents is 1. The first-order valence-electron chi connectivity index (χ1n) is 11.3. The number of hydrogen-bond acceptors (Lipinski definition) is 9. The van der Waals surface area contributed by atoms with Gasteiger partial charge in [-0.2, -0.15) is 5.10 Å². The molecule has 0 fully saturated rings. The number of hydrazone groups is 1. The minimum atomic E-state index is -0.777. The molecule has 0 bridgehead atoms. The van der Waals surface area contributed by atoms with E-state index in [0.29, 0.717) is 21.3 Å². The first kappa shape index (κ1) is 28.3. The number of benzene rings is 2. The Morgan fingerprint density at radius 2 is 1.89 bits per heavy atom. The molecule has 1 heterocycles. The van der Waals surface area contributed by atoms with Crippen LogP contribution in [0.3, 0.4) is 0 Å². The molecule has 38 heavy (non-hydrogen) atoms. The van der Waals surface area contributed by atoms with Crippen molar-refractivity contribution in [2.45, 2.75) is 19.9 Å². The Hall–Kier alpha value is -4.26. The van der Waals surface area contributed by atoms with Crippen LogP contribution in [-0.4, -0.2) is 56.7 Å². The number of nitrogens with zero attached hydrogens (tertiary/aromatic N) is 1. The lowest BCUT2D eigenvalue weighted by molar-refractivity contribution is -0.139. The summed E-state index contributed by atoms with van der Waals surface area (Å²) in [6.45, 7) is 3.12. The van der Waals surface area contributed by atoms with Crippen LogP contribution in [0.2, 0.25) is 0 Å². The van der Waals surface area contributed by atoms with E-state index in [9.17, 15) is 19.5 Å². The summed E-state index contributed by atoms with van der Waals surface area (Å²) < 4.78 is 21.8. The minimum absolute atomic E-state index is 0.0419. The molecule has 1 aliphatic heterocycles. The number of methoxy groups -OCH3 is 2. The first-order chi connectivity index (χ1) is 18.2. The summed E-state index contributed by atoms with van der Waals surface area (Å²) in [4.78, 5) is 36.9. The van der Waals surface area contributed by atoms with Crippen LogP contribution in [0, 0.1) is 0 Å². The largest absolute Gasteiger partial charge is 0.504 e. The van der Waals surface area contributed by atoms with Crippen molar-refractivity contribution in [1.29, 1.82) is 0 Å². The fourth-order valence-electron chi connectivity index (χ4n) is 3.58. The highest BCUT2D eigenvalue weighted by atomic mass is 79.9. The molecule has 0 spiro atoms. The lowest BCUT2D eigenvalue weighted by Gasteiger charge is -2.28. The molecular weight excluding hydrogens is 564 g/mol. The molecule has 0 saturated carbocycles. The summed E-state index contributed by atoms with van der Waals surface area (Å²) in [5.74, 6) is -0.337. The number of allylic oxidation sites excluding steroid dienone is 1. The number of rotatable bonds is 10. The molecule has 1 atom stereocenters. The summed E-state index contributed by atoms with van der Waals surface area (Å²) in [5, 5.41) is 19.0. The summed E-state index contributed by atoms with van der Waals surface area (Å²) in [6.07, 6.45) is 1.38. The highest BCUT2D eigenvalue weighted by Crippen LogP contribution is 2.35. The van der Waals surface area contributed by atoms with E-state index < -0.39 is 23.9 Å². The van der Waals surface area contributed by atoms with Crippen molar-refractivity contribution in [1.82, 2.24) is 16.1 Å². The number of phenols is 1. The van der Waals surface area contributed by atoms with Gasteiger partial charge < -0.3 is 34.7 Å². The van der Waals surface area contributed by atoms with Gasteiger partial charge in [-0.25, -0.2) is 15.0 Å². The minimum Gasteiger partial charge on any atom is -0.504 e. The predicted molar refractivity (Wildman–Crippen MR) is 140 cm³/mol. The second-order valence-electron chi connectivity index (χ2n) is 7.83. The fourth-order valence-corrected chi connectivity index (χ4v) is 4.01. The smallest absolute Gasteiger partial charge is 0.338 e. The molecule has 4 N–H and O–H groups in total. The molecule has 0 aliphatic carbocycles. The van der Waals surface area contributed by atoms with Crippen LogP contribution in [0.1, 0.15) is 31.0 Å². The molecule has 2 aromatic rings. The molecule has 202 valence electrons. The van der Waals surface area contributed by atoms with E-state index in [1.54, 1.807) is 38.1 Å². The van der Waals surface area contributed by atoms with E-state index in [1.807, 2.05) is 0 Å². The van der Waals surface area contributed by atoms with Gasteiger partial charge in [0.2, 0.25) is 0 Å². The van der Waals surface area contributed by atoms with Crippen LogP contribution in [0.5, 0.6) is 23.0 Å². The maximum atomic E-state index is 12.5. The summed E-state index contributed by atoms with van der Waals surface area (Å²) in [6, 6.07) is 6.57. The molecule has 12 nitrogen and oxygen atoms in total. The number of hydrogen-bond donors (Lipinski definition) is 4. The van der Waals surface area contributed by atoms with Crippen LogP contribution in [0.15, 0.2) is 51.2 Å². The number of amides is 3. The van der Waals surface area contributed by atoms with E-state index >= 15 is 0 Å². The summed E-state index contributed by atoms with van der Waals surface area (Å²) in [7, 11) is 2.84. The molecule has 3 amide bonds. The zero-order valence-electron chi connectivity index (χ0n) is 21.1. The van der Waals surface area contributed by atoms with Gasteiger partial charge in [-0.05, 0) is 59.6 Å². The summed E-state index contributed by atoms with van der Waals surface area (Å²) >= 11 is 3.30. The van der Waals surface area contributed by atoms with Gasteiger partial charge in [0.25, 0.3) is 5.91 Å². The zero-order valence-corrected chi connectivity index (χ0v) is 22.7. The second kappa shape index (κ2) is 12.8. The Labute approximate surface area is 227 Å². The normalized spacial score (nSPS) is 15.0. The quantitative estimate of drug-likeness (QED) is 0.187. The summed E-state index contributed by atoms with van der Waals surface area (Å²) in [5.41, 5.74) is 4.11. The lowest BCUT2D eigenvalue weighted by Crippen LogP contribution is -2.45. The third-order valence-corrected chi connectivity index (χ3v) is 6.02. The van der Waals surface area contributed by atoms with Gasteiger partial charge in [0.1, 0.15) is 0 Å². The molecule has 0 radical (unpaired) electrons. The van der Waals surface area contributed by atoms with Crippen molar-refractivity contribution in [2.24, 2.45) is 5.10 Å². The third kappa shape index (κ3) is 6.73. The molecular formula is C25H27BrN4O8. The number of esters is 1. The maximum absolute atomic E-state index is 12.5. The third-order valence-electron chi connectivity index (χ3n) is 5.34. The highest BCUT2D eigenvalue weighted by Gasteiger charge is 2.32. The molecule has 0 aromatic heterocycles. The number of nitrogens with one attached hydrogen (secondary N) is 3. The molecule has 0 unspecified atom stereocenters. The van der Waals surface area contributed by atoms with Gasteiger partial charge in [0.15, 0.2) is 29.6 Å². The predicted octanol–water partition coefficient (Wildman–Crippen LogP) is 2.89. The second-order valence-corrected chi connectivity index (χ2v) is 8.68. The number of aromatic hydroxyl groups is 1. The van der Waals surface area contributed by atoms with E-state index in [2.05, 4.69) is 37.1 Å². The molecule has 0 saturated heterocycles. The first-order valence-corrected chi connectivity index (χ1v) is 12.1. The Kier molecular flexibility index (Phi) is 9.55. The van der Waals surface area contributed by atoms with Crippen molar-refractivity contribution in [3.8, 4) is 23.0 Å². The Morgan fingerprint density at radius 1 is 1.16 bits per heavy atom. The van der Waals surface area contributed by atoms with E-state index in [0.717, 1.165) is 0 Å². The number of ether oxygens (including phenoxy) is 4. The Bertz CT molecular complexity index is 1290. The van der Waals surface area contributed by atoms with Crippen LogP contribution in [0.25, 0.3) is 0 Å². The highest BCUT2D eigenvalue weighted by molar-refractivity contribution is 9.10. The van der Waals surface area contributed by atoms with Crippen molar-refractivity contribution < 1.29 is 38.4 Å². The van der Waals surface area contributed by atoms with Crippen molar-refractivity contribution in [2.75, 3.05) is 27.4 Å². The fraction of sp³-hybridized carbons (Fsp3) is 0.280. The Morgan fingerprint density at radius 3 is 2.58 bits per heavy atom. The van der Waals surface area contributed by atoms with Crippen LogP contribution >= 0.6 is 15.9 Å². The van der Waals surface area contributed by atoms with Gasteiger partial charge in [-0.15, -0.1) is 0 Å². The average Bonchev–Trinajstić information content (AvgIpc) is 2.88. The van der Waals surface area contributed by atoms with Crippen LogP contribution in [-0.2, 0) is 14.3 Å². The van der Waals surface area contributed by atoms with Gasteiger partial charge in [0, 0.05) is 15.7 Å². The monoisotopic (exact) mass is 590 g/mol. The molecule has 2 aromatic carbocycles. The van der Waals surface area contributed by atoms with Crippen LogP contribution < -0.4 is 30.3 Å². The van der Waals surface area contributed by atoms with E-state index in [1.165, 1.54) is 26.5 Å². The van der Waals surface area contributed by atoms with Crippen molar-refractivity contribution in [3.63, 3.8) is 0 Å². The standard InChI is InChI=1S/C25H27BrN4O8/c1-5-37-24(33)22-13(2)28-25(34)29-23(22)14-6-7-18(20(8-14)36-4)38-12-21(32)30-27-11-15-9-19(35-3)17(31)10-16(15)26/h6-11,23,31H,5,12H2,1-4H3,(H,30,32)(H2,28,29,34)/b27-11-/t23-/m1/s1. The van der Waals surface area contributed by atoms with Crippen molar-refractivity contribution >= 4 is 40.1 Å². The van der Waals surface area contributed by atoms with Gasteiger partial charge >= 0.3 is 12.0 Å². The van der Waals surface area contributed by atoms with Gasteiger partial charge in [0.05, 0.1) is 38.7 Å². The zero-order chi connectivity index (χ0) is 27.8. The molecule has 1 aliphatic rings. The number of halogens is 1. The van der Waals surface area contributed by atoms with Gasteiger partial charge in [-0.3, -0.25) is 4.79 Å². The van der Waals surface area contributed by atoms with Gasteiger partial charge in [-0.1, -0.05) is 6.07 Å². The van der Waals surface area contributed by atoms with E-state index in [-0.39, 0.29) is 41.8 Å². The lowest BCUT2D eigenvalue weighted by atomic mass is 9.95. The molecule has 13 heteroatoms. The maximum Gasteiger partial charge on any atom is 0.338 e. The number of carbonyl (C=O) groups excluding carboxylic acids is 3. The average molecular weight is 591 g/mol. The number of urea groups is 1. The van der Waals surface area contributed by atoms with Crippen molar-refractivity contribution in [3.05, 3.63) is 57.2 Å². The SMILES string of the molecule is CCOC(=O)C1=C(C)NC(=O)N[C@@H]1c1ccc(OCC(=O)N/N=C\c2cc(OC)c(O)cc2Br)c(OC)c1. The van der Waals surface area contributed by atoms with Crippen LogP contribution in [0.4, 0.5) is 4.79 Å². The van der Waals surface area contributed by atoms with E-state index in [4.69, 9.17) is 18.9 Å². The topological polar surface area (TPSA) is 157 Å². The molecule has 3 rings (SSSR count). The Balaban J connectivity index is 1.69. The number of carbonyl (C=O) groups is 3.